The quantitative estimate of drug-likeness (QED) is 0.314. The van der Waals surface area contributed by atoms with Crippen molar-refractivity contribution in [2.75, 3.05) is 26.4 Å². The molecule has 8 aliphatic rings. The molecule has 0 aromatic rings. The lowest BCUT2D eigenvalue weighted by molar-refractivity contribution is -0.184. The van der Waals surface area contributed by atoms with E-state index in [9.17, 15) is 19.2 Å². The predicted octanol–water partition coefficient (Wildman–Crippen LogP) is 4.44. The van der Waals surface area contributed by atoms with Gasteiger partial charge in [-0.25, -0.2) is 0 Å². The van der Waals surface area contributed by atoms with E-state index in [0.29, 0.717) is 36.5 Å². The number of ketones is 2. The van der Waals surface area contributed by atoms with E-state index in [4.69, 9.17) is 14.2 Å². The van der Waals surface area contributed by atoms with Crippen LogP contribution in [-0.2, 0) is 33.4 Å². The van der Waals surface area contributed by atoms with Gasteiger partial charge in [0.05, 0.1) is 24.0 Å². The van der Waals surface area contributed by atoms with Crippen molar-refractivity contribution < 1.29 is 33.4 Å². The molecule has 0 aromatic heterocycles. The number of Topliss-reactive ketones (excluding diaryl/α,β-unsaturated/α-hetero) is 2. The summed E-state index contributed by atoms with van der Waals surface area (Å²) in [5, 5.41) is 0. The Morgan fingerprint density at radius 2 is 0.865 bits per heavy atom. The average molecular weight is 515 g/mol. The Hall–Kier alpha value is -1.76. The first-order valence-corrected chi connectivity index (χ1v) is 14.5. The van der Waals surface area contributed by atoms with Crippen molar-refractivity contribution in [3.63, 3.8) is 0 Å². The standard InChI is InChI=1S/C30H42O7/c1-19(31)27-9-21-7-22(10-27)14-29(13-21,17-27)25(33)36-5-3-35-4-6-37-26(34)30-15-23-8-24(16-30)12-28(11-23,18-30)20(2)32/h21-24H,3-18H2,1-2H3/t21?,22?,23?,24?,27-,28-,29+,30+. The molecule has 0 spiro atoms. The molecule has 4 atom stereocenters. The lowest BCUT2D eigenvalue weighted by Crippen LogP contribution is -2.57. The van der Waals surface area contributed by atoms with E-state index in [-0.39, 0.29) is 60.8 Å². The van der Waals surface area contributed by atoms with Gasteiger partial charge in [-0.05, 0) is 115 Å². The molecule has 0 saturated heterocycles. The van der Waals surface area contributed by atoms with Crippen LogP contribution >= 0.6 is 0 Å². The highest BCUT2D eigenvalue weighted by Gasteiger charge is 2.64. The molecular weight excluding hydrogens is 472 g/mol. The molecule has 8 aliphatic carbocycles. The zero-order valence-electron chi connectivity index (χ0n) is 22.5. The second kappa shape index (κ2) is 8.89. The summed E-state index contributed by atoms with van der Waals surface area (Å²) in [5.41, 5.74) is -1.63. The van der Waals surface area contributed by atoms with Crippen LogP contribution in [0.3, 0.4) is 0 Å². The maximum absolute atomic E-state index is 13.1. The van der Waals surface area contributed by atoms with Gasteiger partial charge in [0, 0.05) is 10.8 Å². The fraction of sp³-hybridized carbons (Fsp3) is 0.867. The second-order valence-electron chi connectivity index (χ2n) is 14.0. The second-order valence-corrected chi connectivity index (χ2v) is 14.0. The largest absolute Gasteiger partial charge is 0.463 e. The zero-order valence-corrected chi connectivity index (χ0v) is 22.5. The topological polar surface area (TPSA) is 96.0 Å². The summed E-state index contributed by atoms with van der Waals surface area (Å²) in [6.07, 6.45) is 10.7. The van der Waals surface area contributed by atoms with E-state index in [0.717, 1.165) is 64.2 Å². The maximum atomic E-state index is 13.1. The van der Waals surface area contributed by atoms with Gasteiger partial charge in [-0.1, -0.05) is 0 Å². The monoisotopic (exact) mass is 514 g/mol. The van der Waals surface area contributed by atoms with Gasteiger partial charge in [-0.3, -0.25) is 19.2 Å². The highest BCUT2D eigenvalue weighted by atomic mass is 16.6. The van der Waals surface area contributed by atoms with E-state index in [1.165, 1.54) is 0 Å². The maximum Gasteiger partial charge on any atom is 0.312 e. The predicted molar refractivity (Wildman–Crippen MR) is 133 cm³/mol. The Bertz CT molecular complexity index is 892. The van der Waals surface area contributed by atoms with Crippen molar-refractivity contribution in [1.82, 2.24) is 0 Å². The third kappa shape index (κ3) is 4.18. The molecule has 8 bridgehead atoms. The molecule has 8 saturated carbocycles. The van der Waals surface area contributed by atoms with Gasteiger partial charge in [0.25, 0.3) is 0 Å². The molecule has 37 heavy (non-hydrogen) atoms. The number of hydrogen-bond donors (Lipinski definition) is 0. The lowest BCUT2D eigenvalue weighted by Gasteiger charge is -2.59. The van der Waals surface area contributed by atoms with Crippen LogP contribution in [-0.4, -0.2) is 49.9 Å². The summed E-state index contributed by atoms with van der Waals surface area (Å²) in [6, 6.07) is 0. The minimum absolute atomic E-state index is 0.163. The van der Waals surface area contributed by atoms with Crippen LogP contribution in [0, 0.1) is 45.3 Å². The normalized spacial score (nSPS) is 44.6. The Kier molecular flexibility index (Phi) is 6.13. The third-order valence-corrected chi connectivity index (χ3v) is 11.4. The molecule has 0 heterocycles. The van der Waals surface area contributed by atoms with Crippen LogP contribution in [0.25, 0.3) is 0 Å². The van der Waals surface area contributed by atoms with Gasteiger partial charge < -0.3 is 14.2 Å². The molecule has 7 heteroatoms. The smallest absolute Gasteiger partial charge is 0.312 e. The minimum Gasteiger partial charge on any atom is -0.463 e. The number of ether oxygens (including phenoxy) is 3. The van der Waals surface area contributed by atoms with Crippen molar-refractivity contribution in [2.24, 2.45) is 45.3 Å². The van der Waals surface area contributed by atoms with E-state index in [1.54, 1.807) is 13.8 Å². The molecular formula is C30H42O7. The Labute approximate surface area is 219 Å². The van der Waals surface area contributed by atoms with Crippen molar-refractivity contribution in [3.05, 3.63) is 0 Å². The first-order valence-electron chi connectivity index (χ1n) is 14.5. The molecule has 4 unspecified atom stereocenters. The SMILES string of the molecule is CC(=O)[C@]12CC3CC(C1)C[C@@](C(=O)OCCOCCOC(=O)[C@]14CC5CC(C[C@](C(C)=O)(C5)C1)C4)(C3)C2. The van der Waals surface area contributed by atoms with Crippen LogP contribution in [0.5, 0.6) is 0 Å². The summed E-state index contributed by atoms with van der Waals surface area (Å²) in [5.74, 6) is 1.99. The van der Waals surface area contributed by atoms with Crippen LogP contribution < -0.4 is 0 Å². The van der Waals surface area contributed by atoms with Crippen LogP contribution in [0.15, 0.2) is 0 Å². The summed E-state index contributed by atoms with van der Waals surface area (Å²) >= 11 is 0. The van der Waals surface area contributed by atoms with Gasteiger partial charge in [0.2, 0.25) is 0 Å². The fourth-order valence-corrected chi connectivity index (χ4v) is 10.6. The number of carbonyl (C=O) groups excluding carboxylic acids is 4. The Balaban J connectivity index is 0.938. The van der Waals surface area contributed by atoms with Gasteiger partial charge >= 0.3 is 11.9 Å². The summed E-state index contributed by atoms with van der Waals surface area (Å²) in [6.45, 7) is 4.24. The van der Waals surface area contributed by atoms with Crippen LogP contribution in [0.4, 0.5) is 0 Å². The van der Waals surface area contributed by atoms with Gasteiger partial charge in [-0.2, -0.15) is 0 Å². The number of rotatable bonds is 10. The lowest BCUT2D eigenvalue weighted by atomic mass is 9.43. The molecule has 0 aromatic carbocycles. The minimum atomic E-state index is -0.500. The van der Waals surface area contributed by atoms with Crippen molar-refractivity contribution in [1.29, 1.82) is 0 Å². The fourth-order valence-electron chi connectivity index (χ4n) is 10.6. The van der Waals surface area contributed by atoms with Gasteiger partial charge in [0.1, 0.15) is 24.8 Å². The zero-order chi connectivity index (χ0) is 26.1. The highest BCUT2D eigenvalue weighted by molar-refractivity contribution is 5.87. The van der Waals surface area contributed by atoms with Gasteiger partial charge in [0.15, 0.2) is 0 Å². The third-order valence-electron chi connectivity index (χ3n) is 11.4. The van der Waals surface area contributed by atoms with E-state index >= 15 is 0 Å². The first kappa shape index (κ1) is 25.5. The van der Waals surface area contributed by atoms with Crippen molar-refractivity contribution in [2.45, 2.75) is 90.9 Å². The van der Waals surface area contributed by atoms with Crippen LogP contribution in [0.1, 0.15) is 90.9 Å². The number of esters is 2. The Morgan fingerprint density at radius 3 is 1.19 bits per heavy atom. The van der Waals surface area contributed by atoms with E-state index < -0.39 is 10.8 Å². The first-order chi connectivity index (χ1) is 17.6. The van der Waals surface area contributed by atoms with Crippen molar-refractivity contribution >= 4 is 23.5 Å². The van der Waals surface area contributed by atoms with Gasteiger partial charge in [-0.15, -0.1) is 0 Å². The molecule has 8 rings (SSSR count). The molecule has 8 fully saturated rings. The Morgan fingerprint density at radius 1 is 0.541 bits per heavy atom. The van der Waals surface area contributed by atoms with E-state index in [2.05, 4.69) is 0 Å². The average Bonchev–Trinajstić information content (AvgIpc) is 2.81. The van der Waals surface area contributed by atoms with Crippen LogP contribution in [0.2, 0.25) is 0 Å². The molecule has 0 amide bonds. The number of carbonyl (C=O) groups is 4. The van der Waals surface area contributed by atoms with Crippen molar-refractivity contribution in [3.8, 4) is 0 Å². The summed E-state index contributed by atoms with van der Waals surface area (Å²) < 4.78 is 17.0. The molecule has 7 nitrogen and oxygen atoms in total. The molecule has 0 N–H and O–H groups in total. The highest BCUT2D eigenvalue weighted by Crippen LogP contribution is 2.67. The van der Waals surface area contributed by atoms with E-state index in [1.807, 2.05) is 0 Å². The molecule has 204 valence electrons. The summed E-state index contributed by atoms with van der Waals surface area (Å²) in [4.78, 5) is 51.2. The summed E-state index contributed by atoms with van der Waals surface area (Å²) in [7, 11) is 0. The molecule has 0 radical (unpaired) electrons. The number of hydrogen-bond acceptors (Lipinski definition) is 7. The molecule has 0 aliphatic heterocycles.